The molecule has 0 spiro atoms. The molecule has 0 aromatic carbocycles. The number of hydrazine groups is 1. The molecule has 2 amide bonds. The molecule has 2 atom stereocenters. The van der Waals surface area contributed by atoms with Gasteiger partial charge in [0.05, 0.1) is 18.6 Å². The number of nitrogens with one attached hydrogen (secondary N) is 1. The molecule has 2 aliphatic heterocycles. The Morgan fingerprint density at radius 3 is 2.57 bits per heavy atom. The van der Waals surface area contributed by atoms with Gasteiger partial charge in [-0.25, -0.2) is 20.0 Å². The summed E-state index contributed by atoms with van der Waals surface area (Å²) in [5, 5.41) is 18.6. The van der Waals surface area contributed by atoms with Gasteiger partial charge in [-0.3, -0.25) is 0 Å². The highest BCUT2D eigenvalue weighted by molar-refractivity contribution is 5.68. The summed E-state index contributed by atoms with van der Waals surface area (Å²) in [6.45, 7) is 0.692. The smallest absolute Gasteiger partial charge is 0.421 e. The predicted octanol–water partition coefficient (Wildman–Crippen LogP) is -0.394. The summed E-state index contributed by atoms with van der Waals surface area (Å²) in [4.78, 5) is 22.7. The molecule has 7 nitrogen and oxygen atoms in total. The summed E-state index contributed by atoms with van der Waals surface area (Å²) in [5.41, 5.74) is 2.77. The third kappa shape index (κ3) is 1.25. The van der Waals surface area contributed by atoms with Gasteiger partial charge < -0.3 is 15.1 Å². The first kappa shape index (κ1) is 9.07. The fourth-order valence-electron chi connectivity index (χ4n) is 2.04. The van der Waals surface area contributed by atoms with Crippen molar-refractivity contribution in [3.05, 3.63) is 0 Å². The third-order valence-electron chi connectivity index (χ3n) is 2.71. The molecule has 2 unspecified atom stereocenters. The van der Waals surface area contributed by atoms with E-state index in [-0.39, 0.29) is 18.6 Å². The number of carboxylic acid groups (broad SMARTS) is 2. The largest absolute Gasteiger partial charge is 0.465 e. The minimum Gasteiger partial charge on any atom is -0.465 e. The Labute approximate surface area is 79.9 Å². The van der Waals surface area contributed by atoms with E-state index in [0.29, 0.717) is 13.0 Å². The van der Waals surface area contributed by atoms with E-state index in [1.54, 1.807) is 0 Å². The average Bonchev–Trinajstić information content (AvgIpc) is 2.58. The lowest BCUT2D eigenvalue weighted by atomic mass is 10.1. The van der Waals surface area contributed by atoms with Crippen molar-refractivity contribution in [2.24, 2.45) is 0 Å². The van der Waals surface area contributed by atoms with Crippen LogP contribution in [0.2, 0.25) is 0 Å². The Hall–Kier alpha value is -1.50. The number of hydrogen-bond acceptors (Lipinski definition) is 3. The molecule has 2 heterocycles. The van der Waals surface area contributed by atoms with Crippen LogP contribution in [0.5, 0.6) is 0 Å². The molecule has 0 aromatic heterocycles. The molecule has 2 saturated heterocycles. The van der Waals surface area contributed by atoms with E-state index in [1.807, 2.05) is 0 Å². The molecule has 78 valence electrons. The predicted molar refractivity (Wildman–Crippen MR) is 44.8 cm³/mol. The van der Waals surface area contributed by atoms with Crippen LogP contribution in [-0.4, -0.2) is 57.5 Å². The fraction of sp³-hybridized carbons (Fsp3) is 0.714. The zero-order valence-electron chi connectivity index (χ0n) is 7.38. The number of hydrogen-bond donors (Lipinski definition) is 3. The second kappa shape index (κ2) is 3.02. The molecule has 0 radical (unpaired) electrons. The van der Waals surface area contributed by atoms with Crippen LogP contribution in [0.1, 0.15) is 6.42 Å². The third-order valence-corrected chi connectivity index (χ3v) is 2.71. The highest BCUT2D eigenvalue weighted by Gasteiger charge is 2.44. The van der Waals surface area contributed by atoms with Crippen LogP contribution in [0.3, 0.4) is 0 Å². The van der Waals surface area contributed by atoms with Gasteiger partial charge in [0.1, 0.15) is 0 Å². The first-order valence-electron chi connectivity index (χ1n) is 4.36. The van der Waals surface area contributed by atoms with E-state index >= 15 is 0 Å². The molecule has 0 saturated carbocycles. The summed E-state index contributed by atoms with van der Waals surface area (Å²) in [5.74, 6) is 0. The lowest BCUT2D eigenvalue weighted by molar-refractivity contribution is 0.121. The second-order valence-electron chi connectivity index (χ2n) is 3.46. The average molecular weight is 201 g/mol. The van der Waals surface area contributed by atoms with Gasteiger partial charge in [-0.15, -0.1) is 0 Å². The Morgan fingerprint density at radius 1 is 1.29 bits per heavy atom. The summed E-state index contributed by atoms with van der Waals surface area (Å²) >= 11 is 0. The molecule has 14 heavy (non-hydrogen) atoms. The molecule has 2 aliphatic rings. The monoisotopic (exact) mass is 201 g/mol. The summed E-state index contributed by atoms with van der Waals surface area (Å²) in [6.07, 6.45) is -1.38. The van der Waals surface area contributed by atoms with Gasteiger partial charge in [0.15, 0.2) is 0 Å². The standard InChI is InChI=1S/C7H11N3O4/c11-6(12)9-2-1-4-5(9)3-10(8-4)7(13)14/h4-5,8H,1-3H2,(H,11,12)(H,13,14). The first-order valence-corrected chi connectivity index (χ1v) is 4.36. The zero-order chi connectivity index (χ0) is 10.3. The van der Waals surface area contributed by atoms with Gasteiger partial charge in [-0.1, -0.05) is 0 Å². The molecule has 0 bridgehead atoms. The van der Waals surface area contributed by atoms with Crippen molar-refractivity contribution in [2.45, 2.75) is 18.5 Å². The number of amides is 2. The van der Waals surface area contributed by atoms with E-state index < -0.39 is 12.2 Å². The maximum Gasteiger partial charge on any atom is 0.421 e. The van der Waals surface area contributed by atoms with Crippen LogP contribution in [0.4, 0.5) is 9.59 Å². The number of rotatable bonds is 0. The Kier molecular flexibility index (Phi) is 1.95. The van der Waals surface area contributed by atoms with E-state index in [0.717, 1.165) is 5.01 Å². The summed E-state index contributed by atoms with van der Waals surface area (Å²) in [6, 6.07) is -0.286. The highest BCUT2D eigenvalue weighted by Crippen LogP contribution is 2.23. The lowest BCUT2D eigenvalue weighted by Crippen LogP contribution is -2.40. The van der Waals surface area contributed by atoms with Crippen molar-refractivity contribution >= 4 is 12.2 Å². The van der Waals surface area contributed by atoms with E-state index in [4.69, 9.17) is 10.2 Å². The fourth-order valence-corrected chi connectivity index (χ4v) is 2.04. The highest BCUT2D eigenvalue weighted by atomic mass is 16.4. The van der Waals surface area contributed by atoms with E-state index in [9.17, 15) is 9.59 Å². The van der Waals surface area contributed by atoms with Crippen molar-refractivity contribution in [1.29, 1.82) is 0 Å². The summed E-state index contributed by atoms with van der Waals surface area (Å²) < 4.78 is 0. The second-order valence-corrected chi connectivity index (χ2v) is 3.46. The number of nitrogens with zero attached hydrogens (tertiary/aromatic N) is 2. The summed E-state index contributed by atoms with van der Waals surface area (Å²) in [7, 11) is 0. The molecular formula is C7H11N3O4. The Morgan fingerprint density at radius 2 is 2.00 bits per heavy atom. The van der Waals surface area contributed by atoms with Crippen LogP contribution in [-0.2, 0) is 0 Å². The van der Waals surface area contributed by atoms with Gasteiger partial charge in [0.25, 0.3) is 0 Å². The molecule has 2 rings (SSSR count). The SMILES string of the molecule is O=C(O)N1CC2C(CCN2C(=O)O)N1. The number of likely N-dealkylation sites (tertiary alicyclic amines) is 1. The minimum absolute atomic E-state index is 0.0535. The normalized spacial score (nSPS) is 30.6. The van der Waals surface area contributed by atoms with Gasteiger partial charge >= 0.3 is 12.2 Å². The van der Waals surface area contributed by atoms with Crippen molar-refractivity contribution < 1.29 is 19.8 Å². The Bertz CT molecular complexity index is 282. The van der Waals surface area contributed by atoms with E-state index in [1.165, 1.54) is 4.90 Å². The minimum atomic E-state index is -1.07. The zero-order valence-corrected chi connectivity index (χ0v) is 7.38. The molecule has 7 heteroatoms. The van der Waals surface area contributed by atoms with Crippen molar-refractivity contribution in [3.8, 4) is 0 Å². The van der Waals surface area contributed by atoms with Gasteiger partial charge in [0.2, 0.25) is 0 Å². The molecule has 0 aliphatic carbocycles. The topological polar surface area (TPSA) is 93.1 Å². The van der Waals surface area contributed by atoms with Gasteiger partial charge in [0, 0.05) is 6.54 Å². The quantitative estimate of drug-likeness (QED) is 0.496. The van der Waals surface area contributed by atoms with E-state index in [2.05, 4.69) is 5.43 Å². The first-order chi connectivity index (χ1) is 6.59. The van der Waals surface area contributed by atoms with Crippen molar-refractivity contribution in [3.63, 3.8) is 0 Å². The molecular weight excluding hydrogens is 190 g/mol. The maximum absolute atomic E-state index is 10.8. The Balaban J connectivity index is 2.06. The number of fused-ring (bicyclic) bond motifs is 1. The molecule has 3 N–H and O–H groups in total. The van der Waals surface area contributed by atoms with Crippen LogP contribution in [0.25, 0.3) is 0 Å². The van der Waals surface area contributed by atoms with Crippen LogP contribution >= 0.6 is 0 Å². The van der Waals surface area contributed by atoms with Gasteiger partial charge in [-0.05, 0) is 6.42 Å². The van der Waals surface area contributed by atoms with Gasteiger partial charge in [-0.2, -0.15) is 0 Å². The maximum atomic E-state index is 10.8. The van der Waals surface area contributed by atoms with Crippen LogP contribution in [0.15, 0.2) is 0 Å². The molecule has 0 aromatic rings. The number of carbonyl (C=O) groups is 2. The van der Waals surface area contributed by atoms with Crippen molar-refractivity contribution in [2.75, 3.05) is 13.1 Å². The van der Waals surface area contributed by atoms with Crippen LogP contribution < -0.4 is 5.43 Å². The molecule has 2 fully saturated rings. The lowest BCUT2D eigenvalue weighted by Gasteiger charge is -2.19. The van der Waals surface area contributed by atoms with Crippen molar-refractivity contribution in [1.82, 2.24) is 15.3 Å². The van der Waals surface area contributed by atoms with Crippen LogP contribution in [0, 0.1) is 0 Å².